The van der Waals surface area contributed by atoms with Gasteiger partial charge in [0.15, 0.2) is 0 Å². The number of hydrogen-bond acceptors (Lipinski definition) is 3. The molecule has 0 spiro atoms. The average Bonchev–Trinajstić information content (AvgIpc) is 2.24. The molecule has 1 rings (SSSR count). The second kappa shape index (κ2) is 7.58. The van der Waals surface area contributed by atoms with Crippen molar-refractivity contribution in [3.8, 4) is 0 Å². The van der Waals surface area contributed by atoms with E-state index in [1.807, 2.05) is 11.8 Å². The number of rotatable bonds is 7. The van der Waals surface area contributed by atoms with Crippen LogP contribution >= 0.6 is 11.8 Å². The summed E-state index contributed by atoms with van der Waals surface area (Å²) in [5.41, 5.74) is 2.60. The molecular weight excluding hydrogens is 216 g/mol. The van der Waals surface area contributed by atoms with E-state index in [4.69, 9.17) is 0 Å². The standard InChI is InChI=1S/C13H22N2S/c1-15(2)11-12-6-4-7-13(10-12)14-8-5-9-16-3/h4,6-7,10,14H,5,8-9,11H2,1-3H3. The van der Waals surface area contributed by atoms with Gasteiger partial charge in [-0.1, -0.05) is 12.1 Å². The Morgan fingerprint density at radius 1 is 1.31 bits per heavy atom. The smallest absolute Gasteiger partial charge is 0.0343 e. The number of anilines is 1. The molecule has 0 saturated heterocycles. The topological polar surface area (TPSA) is 15.3 Å². The third kappa shape index (κ3) is 5.42. The molecule has 90 valence electrons. The fraction of sp³-hybridized carbons (Fsp3) is 0.538. The summed E-state index contributed by atoms with van der Waals surface area (Å²) in [6.45, 7) is 2.06. The molecule has 0 aliphatic heterocycles. The van der Waals surface area contributed by atoms with Crippen molar-refractivity contribution in [2.45, 2.75) is 13.0 Å². The van der Waals surface area contributed by atoms with Crippen molar-refractivity contribution in [2.75, 3.05) is 38.0 Å². The Hall–Kier alpha value is -0.670. The van der Waals surface area contributed by atoms with Crippen LogP contribution in [0.15, 0.2) is 24.3 Å². The molecule has 0 aliphatic carbocycles. The summed E-state index contributed by atoms with van der Waals surface area (Å²) in [6.07, 6.45) is 3.37. The van der Waals surface area contributed by atoms with Crippen molar-refractivity contribution in [2.24, 2.45) is 0 Å². The first-order chi connectivity index (χ1) is 7.72. The van der Waals surface area contributed by atoms with E-state index in [9.17, 15) is 0 Å². The molecule has 0 unspecified atom stereocenters. The molecule has 0 fully saturated rings. The zero-order chi connectivity index (χ0) is 11.8. The summed E-state index contributed by atoms with van der Waals surface area (Å²) < 4.78 is 0. The lowest BCUT2D eigenvalue weighted by molar-refractivity contribution is 0.402. The van der Waals surface area contributed by atoms with Crippen LogP contribution in [0.1, 0.15) is 12.0 Å². The molecule has 1 N–H and O–H groups in total. The number of hydrogen-bond donors (Lipinski definition) is 1. The van der Waals surface area contributed by atoms with Crippen molar-refractivity contribution >= 4 is 17.4 Å². The van der Waals surface area contributed by atoms with Gasteiger partial charge in [0.2, 0.25) is 0 Å². The Morgan fingerprint density at radius 3 is 2.81 bits per heavy atom. The summed E-state index contributed by atoms with van der Waals surface area (Å²) >= 11 is 1.90. The van der Waals surface area contributed by atoms with Crippen LogP contribution in [-0.4, -0.2) is 37.5 Å². The molecule has 0 aliphatic rings. The zero-order valence-corrected chi connectivity index (χ0v) is 11.3. The molecule has 0 bridgehead atoms. The second-order valence-corrected chi connectivity index (χ2v) is 5.20. The van der Waals surface area contributed by atoms with Crippen LogP contribution in [0.4, 0.5) is 5.69 Å². The first kappa shape index (κ1) is 13.4. The molecule has 0 amide bonds. The van der Waals surface area contributed by atoms with E-state index in [1.165, 1.54) is 23.4 Å². The number of thioether (sulfide) groups is 1. The van der Waals surface area contributed by atoms with Crippen molar-refractivity contribution < 1.29 is 0 Å². The normalized spacial score (nSPS) is 10.8. The van der Waals surface area contributed by atoms with Crippen LogP contribution in [-0.2, 0) is 6.54 Å². The summed E-state index contributed by atoms with van der Waals surface area (Å²) in [7, 11) is 4.19. The summed E-state index contributed by atoms with van der Waals surface area (Å²) in [6, 6.07) is 8.67. The molecule has 3 heteroatoms. The molecule has 1 aromatic carbocycles. The Morgan fingerprint density at radius 2 is 2.12 bits per heavy atom. The lowest BCUT2D eigenvalue weighted by Gasteiger charge is -2.11. The molecule has 0 saturated carbocycles. The number of benzene rings is 1. The quantitative estimate of drug-likeness (QED) is 0.735. The lowest BCUT2D eigenvalue weighted by atomic mass is 10.2. The molecule has 16 heavy (non-hydrogen) atoms. The van der Waals surface area contributed by atoms with Gasteiger partial charge in [-0.2, -0.15) is 11.8 Å². The second-order valence-electron chi connectivity index (χ2n) is 4.21. The number of nitrogens with zero attached hydrogens (tertiary/aromatic N) is 1. The lowest BCUT2D eigenvalue weighted by Crippen LogP contribution is -2.11. The van der Waals surface area contributed by atoms with Gasteiger partial charge in [-0.3, -0.25) is 0 Å². The van der Waals surface area contributed by atoms with Gasteiger partial charge in [-0.05, 0) is 50.2 Å². The van der Waals surface area contributed by atoms with Crippen molar-refractivity contribution in [3.05, 3.63) is 29.8 Å². The summed E-state index contributed by atoms with van der Waals surface area (Å²) in [5.74, 6) is 1.23. The van der Waals surface area contributed by atoms with Gasteiger partial charge in [0.25, 0.3) is 0 Å². The van der Waals surface area contributed by atoms with E-state index in [-0.39, 0.29) is 0 Å². The molecule has 0 aromatic heterocycles. The van der Waals surface area contributed by atoms with E-state index in [1.54, 1.807) is 0 Å². The number of nitrogens with one attached hydrogen (secondary N) is 1. The van der Waals surface area contributed by atoms with Crippen LogP contribution < -0.4 is 5.32 Å². The molecule has 0 atom stereocenters. The SMILES string of the molecule is CSCCCNc1cccc(CN(C)C)c1. The third-order valence-electron chi connectivity index (χ3n) is 2.28. The Bertz CT molecular complexity index is 300. The monoisotopic (exact) mass is 238 g/mol. The Balaban J connectivity index is 2.41. The zero-order valence-electron chi connectivity index (χ0n) is 10.5. The minimum atomic E-state index is 1.00. The highest BCUT2D eigenvalue weighted by atomic mass is 32.2. The highest BCUT2D eigenvalue weighted by Crippen LogP contribution is 2.11. The van der Waals surface area contributed by atoms with Gasteiger partial charge in [0, 0.05) is 18.8 Å². The highest BCUT2D eigenvalue weighted by Gasteiger charge is 1.97. The minimum absolute atomic E-state index is 1.00. The molecule has 1 aromatic rings. The van der Waals surface area contributed by atoms with Gasteiger partial charge in [0.05, 0.1) is 0 Å². The van der Waals surface area contributed by atoms with Crippen LogP contribution in [0.2, 0.25) is 0 Å². The van der Waals surface area contributed by atoms with Gasteiger partial charge in [-0.15, -0.1) is 0 Å². The summed E-state index contributed by atoms with van der Waals surface area (Å²) in [4.78, 5) is 2.19. The highest BCUT2D eigenvalue weighted by molar-refractivity contribution is 7.98. The Labute approximate surface area is 103 Å². The van der Waals surface area contributed by atoms with E-state index in [2.05, 4.69) is 54.8 Å². The van der Waals surface area contributed by atoms with Crippen molar-refractivity contribution in [3.63, 3.8) is 0 Å². The van der Waals surface area contributed by atoms with E-state index in [0.29, 0.717) is 0 Å². The maximum Gasteiger partial charge on any atom is 0.0343 e. The maximum atomic E-state index is 3.46. The summed E-state index contributed by atoms with van der Waals surface area (Å²) in [5, 5.41) is 3.46. The fourth-order valence-corrected chi connectivity index (χ4v) is 2.03. The van der Waals surface area contributed by atoms with E-state index >= 15 is 0 Å². The van der Waals surface area contributed by atoms with E-state index < -0.39 is 0 Å². The molecule has 0 heterocycles. The molecular formula is C13H22N2S. The van der Waals surface area contributed by atoms with Gasteiger partial charge < -0.3 is 10.2 Å². The molecule has 0 radical (unpaired) electrons. The van der Waals surface area contributed by atoms with Gasteiger partial charge in [-0.25, -0.2) is 0 Å². The third-order valence-corrected chi connectivity index (χ3v) is 2.98. The largest absolute Gasteiger partial charge is 0.385 e. The van der Waals surface area contributed by atoms with Gasteiger partial charge in [0.1, 0.15) is 0 Å². The van der Waals surface area contributed by atoms with Crippen molar-refractivity contribution in [1.82, 2.24) is 4.90 Å². The van der Waals surface area contributed by atoms with Gasteiger partial charge >= 0.3 is 0 Å². The van der Waals surface area contributed by atoms with Crippen LogP contribution in [0, 0.1) is 0 Å². The first-order valence-corrected chi connectivity index (χ1v) is 7.08. The van der Waals surface area contributed by atoms with Crippen LogP contribution in [0.5, 0.6) is 0 Å². The predicted octanol–water partition coefficient (Wildman–Crippen LogP) is 2.91. The van der Waals surface area contributed by atoms with E-state index in [0.717, 1.165) is 13.1 Å². The average molecular weight is 238 g/mol. The van der Waals surface area contributed by atoms with Crippen LogP contribution in [0.25, 0.3) is 0 Å². The predicted molar refractivity (Wildman–Crippen MR) is 75.3 cm³/mol. The maximum absolute atomic E-state index is 3.46. The first-order valence-electron chi connectivity index (χ1n) is 5.69. The Kier molecular flexibility index (Phi) is 6.34. The fourth-order valence-electron chi connectivity index (χ4n) is 1.59. The van der Waals surface area contributed by atoms with Crippen LogP contribution in [0.3, 0.4) is 0 Å². The van der Waals surface area contributed by atoms with Crippen molar-refractivity contribution in [1.29, 1.82) is 0 Å². The molecule has 2 nitrogen and oxygen atoms in total. The minimum Gasteiger partial charge on any atom is -0.385 e.